The van der Waals surface area contributed by atoms with Crippen molar-refractivity contribution in [1.82, 2.24) is 9.80 Å². The van der Waals surface area contributed by atoms with Crippen molar-refractivity contribution in [2.45, 2.75) is 38.8 Å². The van der Waals surface area contributed by atoms with Crippen LogP contribution >= 0.6 is 11.3 Å². The summed E-state index contributed by atoms with van der Waals surface area (Å²) in [4.78, 5) is 19.0. The van der Waals surface area contributed by atoms with E-state index in [1.165, 1.54) is 18.5 Å². The smallest absolute Gasteiger partial charge is 0.254 e. The lowest BCUT2D eigenvalue weighted by molar-refractivity contribution is 0.0600. The maximum Gasteiger partial charge on any atom is 0.254 e. The Morgan fingerprint density at radius 1 is 1.12 bits per heavy atom. The molecule has 1 aromatic heterocycles. The fourth-order valence-electron chi connectivity index (χ4n) is 4.00. The lowest BCUT2D eigenvalue weighted by atomic mass is 9.98. The van der Waals surface area contributed by atoms with Gasteiger partial charge in [0.05, 0.1) is 0 Å². The van der Waals surface area contributed by atoms with Gasteiger partial charge in [-0.1, -0.05) is 18.2 Å². The minimum atomic E-state index is 0.199. The maximum absolute atomic E-state index is 12.7. The standard InChI is InChI=1S/C20H24N2OS/c1-15-4-2-3-5-18(15)20(23)21-10-6-17(7-11-21)22-12-8-19-16(14-22)9-13-24-19/h2-5,9,13,17H,6-8,10-12,14H2,1H3. The van der Waals surface area contributed by atoms with Gasteiger partial charge in [0, 0.05) is 42.7 Å². The average molecular weight is 340 g/mol. The highest BCUT2D eigenvalue weighted by molar-refractivity contribution is 7.10. The summed E-state index contributed by atoms with van der Waals surface area (Å²) in [6, 6.07) is 10.8. The molecular formula is C20H24N2OS. The number of hydrogen-bond acceptors (Lipinski definition) is 3. The van der Waals surface area contributed by atoms with Crippen LogP contribution in [-0.2, 0) is 13.0 Å². The van der Waals surface area contributed by atoms with E-state index in [-0.39, 0.29) is 5.91 Å². The van der Waals surface area contributed by atoms with Crippen molar-refractivity contribution in [3.8, 4) is 0 Å². The van der Waals surface area contributed by atoms with Gasteiger partial charge in [-0.05, 0) is 54.8 Å². The van der Waals surface area contributed by atoms with Gasteiger partial charge < -0.3 is 4.90 Å². The molecule has 4 rings (SSSR count). The third-order valence-corrected chi connectivity index (χ3v) is 6.50. The summed E-state index contributed by atoms with van der Waals surface area (Å²) in [5, 5.41) is 2.22. The number of piperidine rings is 1. The third kappa shape index (κ3) is 3.01. The molecule has 1 amide bonds. The highest BCUT2D eigenvalue weighted by Crippen LogP contribution is 2.28. The average Bonchev–Trinajstić information content (AvgIpc) is 3.09. The summed E-state index contributed by atoms with van der Waals surface area (Å²) < 4.78 is 0. The van der Waals surface area contributed by atoms with Gasteiger partial charge in [-0.3, -0.25) is 9.69 Å². The van der Waals surface area contributed by atoms with Crippen molar-refractivity contribution >= 4 is 17.2 Å². The number of thiophene rings is 1. The number of fused-ring (bicyclic) bond motifs is 1. The van der Waals surface area contributed by atoms with Crippen LogP contribution < -0.4 is 0 Å². The molecule has 24 heavy (non-hydrogen) atoms. The van der Waals surface area contributed by atoms with Crippen LogP contribution in [0.4, 0.5) is 0 Å². The molecule has 3 heterocycles. The molecule has 2 aliphatic rings. The number of aryl methyl sites for hydroxylation is 1. The van der Waals surface area contributed by atoms with Crippen LogP contribution in [0.3, 0.4) is 0 Å². The van der Waals surface area contributed by atoms with Gasteiger partial charge >= 0.3 is 0 Å². The predicted octanol–water partition coefficient (Wildman–Crippen LogP) is 3.72. The fraction of sp³-hybridized carbons (Fsp3) is 0.450. The summed E-state index contributed by atoms with van der Waals surface area (Å²) in [5.41, 5.74) is 3.45. The first-order valence-electron chi connectivity index (χ1n) is 8.86. The maximum atomic E-state index is 12.7. The summed E-state index contributed by atoms with van der Waals surface area (Å²) >= 11 is 1.90. The number of likely N-dealkylation sites (tertiary alicyclic amines) is 1. The van der Waals surface area contributed by atoms with Crippen LogP contribution in [0, 0.1) is 6.92 Å². The number of hydrogen-bond donors (Lipinski definition) is 0. The number of rotatable bonds is 2. The molecule has 0 unspecified atom stereocenters. The number of nitrogens with zero attached hydrogens (tertiary/aromatic N) is 2. The van der Waals surface area contributed by atoms with Crippen LogP contribution in [0.15, 0.2) is 35.7 Å². The van der Waals surface area contributed by atoms with Gasteiger partial charge in [0.25, 0.3) is 5.91 Å². The zero-order valence-corrected chi connectivity index (χ0v) is 15.0. The van der Waals surface area contributed by atoms with E-state index in [1.807, 2.05) is 47.4 Å². The molecule has 1 aromatic carbocycles. The van der Waals surface area contributed by atoms with E-state index in [9.17, 15) is 4.79 Å². The molecule has 0 aliphatic carbocycles. The summed E-state index contributed by atoms with van der Waals surface area (Å²) in [6.45, 7) is 6.04. The molecule has 0 N–H and O–H groups in total. The van der Waals surface area contributed by atoms with Crippen molar-refractivity contribution in [2.24, 2.45) is 0 Å². The van der Waals surface area contributed by atoms with Crippen LogP contribution in [-0.4, -0.2) is 41.4 Å². The second kappa shape index (κ2) is 6.69. The Kier molecular flexibility index (Phi) is 4.42. The van der Waals surface area contributed by atoms with Crippen LogP contribution in [0.25, 0.3) is 0 Å². The lowest BCUT2D eigenvalue weighted by Gasteiger charge is -2.40. The van der Waals surface area contributed by atoms with Crippen LogP contribution in [0.2, 0.25) is 0 Å². The van der Waals surface area contributed by atoms with Crippen molar-refractivity contribution in [3.05, 3.63) is 57.3 Å². The molecule has 2 aromatic rings. The Bertz CT molecular complexity index is 731. The third-order valence-electron chi connectivity index (χ3n) is 5.48. The molecule has 4 heteroatoms. The van der Waals surface area contributed by atoms with E-state index in [1.54, 1.807) is 4.88 Å². The molecule has 0 atom stereocenters. The first kappa shape index (κ1) is 15.9. The zero-order chi connectivity index (χ0) is 16.5. The Labute approximate surface area is 147 Å². The first-order chi connectivity index (χ1) is 11.7. The van der Waals surface area contributed by atoms with Crippen molar-refractivity contribution in [3.63, 3.8) is 0 Å². The molecule has 1 fully saturated rings. The summed E-state index contributed by atoms with van der Waals surface area (Å²) in [7, 11) is 0. The molecule has 0 radical (unpaired) electrons. The van der Waals surface area contributed by atoms with E-state index < -0.39 is 0 Å². The normalized spacial score (nSPS) is 19.3. The Balaban J connectivity index is 1.37. The Morgan fingerprint density at radius 3 is 2.71 bits per heavy atom. The van der Waals surface area contributed by atoms with Gasteiger partial charge in [0.2, 0.25) is 0 Å². The van der Waals surface area contributed by atoms with E-state index in [4.69, 9.17) is 0 Å². The Morgan fingerprint density at radius 2 is 1.92 bits per heavy atom. The number of amides is 1. The van der Waals surface area contributed by atoms with Gasteiger partial charge in [0.15, 0.2) is 0 Å². The quantitative estimate of drug-likeness (QED) is 0.832. The molecule has 0 bridgehead atoms. The number of benzene rings is 1. The minimum absolute atomic E-state index is 0.199. The molecule has 0 spiro atoms. The van der Waals surface area contributed by atoms with Crippen molar-refractivity contribution in [2.75, 3.05) is 19.6 Å². The fourth-order valence-corrected chi connectivity index (χ4v) is 4.89. The zero-order valence-electron chi connectivity index (χ0n) is 14.2. The Hall–Kier alpha value is -1.65. The number of carbonyl (C=O) groups excluding carboxylic acids is 1. The second-order valence-electron chi connectivity index (χ2n) is 6.93. The molecular weight excluding hydrogens is 316 g/mol. The first-order valence-corrected chi connectivity index (χ1v) is 9.74. The van der Waals surface area contributed by atoms with E-state index >= 15 is 0 Å². The van der Waals surface area contributed by atoms with Gasteiger partial charge in [-0.2, -0.15) is 0 Å². The molecule has 2 aliphatic heterocycles. The monoisotopic (exact) mass is 340 g/mol. The molecule has 1 saturated heterocycles. The molecule has 3 nitrogen and oxygen atoms in total. The van der Waals surface area contributed by atoms with Gasteiger partial charge in [0.1, 0.15) is 0 Å². The highest BCUT2D eigenvalue weighted by atomic mass is 32.1. The minimum Gasteiger partial charge on any atom is -0.339 e. The SMILES string of the molecule is Cc1ccccc1C(=O)N1CCC(N2CCc3sccc3C2)CC1. The molecule has 0 saturated carbocycles. The van der Waals surface area contributed by atoms with Crippen molar-refractivity contribution < 1.29 is 4.79 Å². The van der Waals surface area contributed by atoms with Crippen LogP contribution in [0.5, 0.6) is 0 Å². The number of carbonyl (C=O) groups is 1. The van der Waals surface area contributed by atoms with E-state index in [0.29, 0.717) is 6.04 Å². The predicted molar refractivity (Wildman–Crippen MR) is 98.5 cm³/mol. The van der Waals surface area contributed by atoms with E-state index in [2.05, 4.69) is 16.3 Å². The van der Waals surface area contributed by atoms with E-state index in [0.717, 1.165) is 43.6 Å². The van der Waals surface area contributed by atoms with Gasteiger partial charge in [-0.25, -0.2) is 0 Å². The topological polar surface area (TPSA) is 23.6 Å². The largest absolute Gasteiger partial charge is 0.339 e. The van der Waals surface area contributed by atoms with Gasteiger partial charge in [-0.15, -0.1) is 11.3 Å². The highest BCUT2D eigenvalue weighted by Gasteiger charge is 2.29. The lowest BCUT2D eigenvalue weighted by Crippen LogP contribution is -2.48. The van der Waals surface area contributed by atoms with Crippen LogP contribution in [0.1, 0.15) is 39.2 Å². The molecule has 126 valence electrons. The summed E-state index contributed by atoms with van der Waals surface area (Å²) in [5.74, 6) is 0.199. The summed E-state index contributed by atoms with van der Waals surface area (Å²) in [6.07, 6.45) is 3.38. The second-order valence-corrected chi connectivity index (χ2v) is 7.93. The van der Waals surface area contributed by atoms with Crippen molar-refractivity contribution in [1.29, 1.82) is 0 Å².